The first-order chi connectivity index (χ1) is 14.3. The Morgan fingerprint density at radius 2 is 1.84 bits per heavy atom. The molecule has 3 rings (SSSR count). The number of nitrogens with two attached hydrogens (primary N) is 1. The van der Waals surface area contributed by atoms with E-state index >= 15 is 0 Å². The quantitative estimate of drug-likeness (QED) is 0.665. The molecule has 1 aliphatic heterocycles. The number of esters is 1. The minimum Gasteiger partial charge on any atom is -0.449 e. The lowest BCUT2D eigenvalue weighted by Crippen LogP contribution is -2.60. The highest BCUT2D eigenvalue weighted by Gasteiger charge is 2.45. The molecule has 31 heavy (non-hydrogen) atoms. The van der Waals surface area contributed by atoms with E-state index < -0.39 is 39.4 Å². The van der Waals surface area contributed by atoms with Gasteiger partial charge < -0.3 is 10.1 Å². The number of para-hydroxylation sites is 2. The highest BCUT2D eigenvalue weighted by atomic mass is 35.5. The van der Waals surface area contributed by atoms with Crippen molar-refractivity contribution in [2.75, 3.05) is 10.2 Å². The number of nitrogens with zero attached hydrogens (tertiary/aromatic N) is 1. The van der Waals surface area contributed by atoms with Crippen LogP contribution in [0.25, 0.3) is 0 Å². The predicted octanol–water partition coefficient (Wildman–Crippen LogP) is 2.30. The molecule has 0 saturated carbocycles. The molecule has 0 bridgehead atoms. The molecule has 2 aromatic rings. The van der Waals surface area contributed by atoms with Crippen molar-refractivity contribution < 1.29 is 27.5 Å². The van der Waals surface area contributed by atoms with E-state index in [1.165, 1.54) is 17.9 Å². The Bertz CT molecular complexity index is 1200. The second kappa shape index (κ2) is 7.95. The molecule has 0 unspecified atom stereocenters. The minimum absolute atomic E-state index is 0.0694. The average Bonchev–Trinajstić information content (AvgIpc) is 2.67. The molecule has 9 nitrogen and oxygen atoms in total. The number of halogens is 1. The van der Waals surface area contributed by atoms with Crippen molar-refractivity contribution in [3.05, 3.63) is 53.1 Å². The van der Waals surface area contributed by atoms with E-state index in [0.717, 1.165) is 12.1 Å². The van der Waals surface area contributed by atoms with Crippen LogP contribution in [0.15, 0.2) is 47.4 Å². The number of ether oxygens (including phenoxy) is 1. The van der Waals surface area contributed by atoms with Crippen LogP contribution in [0.2, 0.25) is 5.02 Å². The third-order valence-corrected chi connectivity index (χ3v) is 6.09. The summed E-state index contributed by atoms with van der Waals surface area (Å²) in [6.07, 6.45) is -1.31. The van der Waals surface area contributed by atoms with Crippen LogP contribution in [-0.4, -0.2) is 37.8 Å². The van der Waals surface area contributed by atoms with Crippen LogP contribution < -0.4 is 15.4 Å². The molecule has 3 N–H and O–H groups in total. The maximum Gasteiger partial charge on any atom is 0.340 e. The molecule has 2 aromatic carbocycles. The molecular formula is C20H20ClN3O6S. The van der Waals surface area contributed by atoms with Crippen molar-refractivity contribution in [1.29, 1.82) is 0 Å². The van der Waals surface area contributed by atoms with Gasteiger partial charge in [0.1, 0.15) is 5.54 Å². The average molecular weight is 466 g/mol. The molecule has 0 saturated heterocycles. The molecule has 164 valence electrons. The number of primary sulfonamides is 1. The Kier molecular flexibility index (Phi) is 5.83. The van der Waals surface area contributed by atoms with Crippen LogP contribution in [0.1, 0.15) is 31.1 Å². The summed E-state index contributed by atoms with van der Waals surface area (Å²) >= 11 is 6.00. The van der Waals surface area contributed by atoms with Gasteiger partial charge in [-0.2, -0.15) is 0 Å². The molecule has 2 amide bonds. The van der Waals surface area contributed by atoms with Crippen molar-refractivity contribution >= 4 is 50.8 Å². The van der Waals surface area contributed by atoms with Crippen molar-refractivity contribution in [2.45, 2.75) is 37.3 Å². The van der Waals surface area contributed by atoms with Crippen molar-refractivity contribution in [3.63, 3.8) is 0 Å². The summed E-state index contributed by atoms with van der Waals surface area (Å²) in [5.74, 6) is -2.05. The van der Waals surface area contributed by atoms with Gasteiger partial charge in [-0.3, -0.25) is 14.5 Å². The number of anilines is 2. The highest BCUT2D eigenvalue weighted by molar-refractivity contribution is 7.89. The Morgan fingerprint density at radius 3 is 2.48 bits per heavy atom. The number of amides is 2. The van der Waals surface area contributed by atoms with Gasteiger partial charge in [0.2, 0.25) is 15.9 Å². The van der Waals surface area contributed by atoms with E-state index in [1.54, 1.807) is 38.1 Å². The molecule has 1 heterocycles. The largest absolute Gasteiger partial charge is 0.449 e. The molecule has 0 radical (unpaired) electrons. The second-order valence-corrected chi connectivity index (χ2v) is 9.41. The minimum atomic E-state index is -4.08. The number of nitrogens with one attached hydrogen (secondary N) is 1. The second-order valence-electron chi connectivity index (χ2n) is 7.44. The first kappa shape index (κ1) is 22.7. The fourth-order valence-electron chi connectivity index (χ4n) is 3.14. The summed E-state index contributed by atoms with van der Waals surface area (Å²) in [7, 11) is -4.08. The normalized spacial score (nSPS) is 16.2. The number of carbonyl (C=O) groups excluding carboxylic acids is 3. The lowest BCUT2D eigenvalue weighted by Gasteiger charge is -2.42. The zero-order chi connectivity index (χ0) is 23.1. The Hall–Kier alpha value is -2.95. The molecule has 0 aromatic heterocycles. The summed E-state index contributed by atoms with van der Waals surface area (Å²) < 4.78 is 28.4. The van der Waals surface area contributed by atoms with E-state index in [0.29, 0.717) is 11.4 Å². The monoisotopic (exact) mass is 465 g/mol. The Morgan fingerprint density at radius 1 is 1.19 bits per heavy atom. The van der Waals surface area contributed by atoms with Crippen molar-refractivity contribution in [3.8, 4) is 0 Å². The van der Waals surface area contributed by atoms with Gasteiger partial charge in [-0.05, 0) is 51.1 Å². The fraction of sp³-hybridized carbons (Fsp3) is 0.250. The third kappa shape index (κ3) is 4.27. The lowest BCUT2D eigenvalue weighted by atomic mass is 9.95. The highest BCUT2D eigenvalue weighted by Crippen LogP contribution is 2.37. The number of sulfonamides is 1. The molecule has 1 atom stereocenters. The summed E-state index contributed by atoms with van der Waals surface area (Å²) in [5.41, 5.74) is -0.613. The van der Waals surface area contributed by atoms with Gasteiger partial charge >= 0.3 is 5.97 Å². The maximum atomic E-state index is 13.2. The fourth-order valence-corrected chi connectivity index (χ4v) is 3.88. The van der Waals surface area contributed by atoms with Crippen molar-refractivity contribution in [2.24, 2.45) is 5.14 Å². The van der Waals surface area contributed by atoms with Crippen molar-refractivity contribution in [1.82, 2.24) is 0 Å². The summed E-state index contributed by atoms with van der Waals surface area (Å²) in [4.78, 5) is 39.3. The number of carbonyl (C=O) groups is 3. The van der Waals surface area contributed by atoms with Crippen LogP contribution in [0.3, 0.4) is 0 Å². The van der Waals surface area contributed by atoms with Crippen LogP contribution in [0.4, 0.5) is 11.4 Å². The van der Waals surface area contributed by atoms with E-state index in [9.17, 15) is 22.8 Å². The Labute approximate surface area is 184 Å². The molecular weight excluding hydrogens is 446 g/mol. The molecule has 0 spiro atoms. The lowest BCUT2D eigenvalue weighted by molar-refractivity contribution is -0.131. The van der Waals surface area contributed by atoms with Gasteiger partial charge in [-0.1, -0.05) is 23.7 Å². The Balaban J connectivity index is 1.91. The van der Waals surface area contributed by atoms with Gasteiger partial charge in [-0.25, -0.2) is 18.4 Å². The van der Waals surface area contributed by atoms with Crippen LogP contribution >= 0.6 is 11.6 Å². The molecule has 1 aliphatic rings. The summed E-state index contributed by atoms with van der Waals surface area (Å²) in [6.45, 7) is 4.48. The van der Waals surface area contributed by atoms with Crippen LogP contribution in [0, 0.1) is 0 Å². The smallest absolute Gasteiger partial charge is 0.340 e. The predicted molar refractivity (Wildman–Crippen MR) is 114 cm³/mol. The van der Waals surface area contributed by atoms with Gasteiger partial charge in [-0.15, -0.1) is 0 Å². The number of hydrogen-bond donors (Lipinski definition) is 2. The number of hydrogen-bond acceptors (Lipinski definition) is 6. The van der Waals surface area contributed by atoms with E-state index in [2.05, 4.69) is 5.32 Å². The standard InChI is InChI=1S/C20H20ClN3O6S/c1-11(30-18(26)13-10-12(31(22,28)29)8-9-14(13)21)17(25)24-16-7-5-4-6-15(16)23-19(27)20(24,2)3/h4-11H,1-3H3,(H,23,27)(H2,22,28,29)/t11-/m1/s1. The zero-order valence-electron chi connectivity index (χ0n) is 16.9. The van der Waals surface area contributed by atoms with Crippen LogP contribution in [-0.2, 0) is 24.3 Å². The SMILES string of the molecule is C[C@@H](OC(=O)c1cc(S(N)(=O)=O)ccc1Cl)C(=O)N1c2ccccc2NC(=O)C1(C)C. The van der Waals surface area contributed by atoms with E-state index in [1.807, 2.05) is 0 Å². The first-order valence-electron chi connectivity index (χ1n) is 9.12. The molecule has 0 aliphatic carbocycles. The van der Waals surface area contributed by atoms with E-state index in [4.69, 9.17) is 21.5 Å². The molecule has 11 heteroatoms. The van der Waals surface area contributed by atoms with Crippen LogP contribution in [0.5, 0.6) is 0 Å². The van der Waals surface area contributed by atoms with Gasteiger partial charge in [0, 0.05) is 0 Å². The summed E-state index contributed by atoms with van der Waals surface area (Å²) in [5, 5.41) is 7.76. The van der Waals surface area contributed by atoms with Gasteiger partial charge in [0.15, 0.2) is 6.10 Å². The zero-order valence-corrected chi connectivity index (χ0v) is 18.5. The maximum absolute atomic E-state index is 13.2. The van der Waals surface area contributed by atoms with Gasteiger partial charge in [0.05, 0.1) is 26.9 Å². The number of benzene rings is 2. The topological polar surface area (TPSA) is 136 Å². The number of fused-ring (bicyclic) bond motifs is 1. The number of rotatable bonds is 4. The third-order valence-electron chi connectivity index (χ3n) is 4.85. The van der Waals surface area contributed by atoms with E-state index in [-0.39, 0.29) is 15.5 Å². The molecule has 0 fully saturated rings. The summed E-state index contributed by atoms with van der Waals surface area (Å²) in [6, 6.07) is 10.1. The van der Waals surface area contributed by atoms with Gasteiger partial charge in [0.25, 0.3) is 5.91 Å². The first-order valence-corrected chi connectivity index (χ1v) is 11.0.